The van der Waals surface area contributed by atoms with Gasteiger partial charge in [0.1, 0.15) is 5.54 Å². The second kappa shape index (κ2) is 6.02. The molecule has 3 atom stereocenters. The number of nitrogens with one attached hydrogen (secondary N) is 2. The number of urea groups is 1. The summed E-state index contributed by atoms with van der Waals surface area (Å²) in [5.41, 5.74) is -1.17. The van der Waals surface area contributed by atoms with Crippen LogP contribution in [0.1, 0.15) is 60.3 Å². The Morgan fingerprint density at radius 1 is 1.35 bits per heavy atom. The summed E-state index contributed by atoms with van der Waals surface area (Å²) < 4.78 is 0. The van der Waals surface area contributed by atoms with Crippen LogP contribution in [0.5, 0.6) is 0 Å². The molecule has 1 rings (SSSR count). The quantitative estimate of drug-likeness (QED) is 0.745. The topological polar surface area (TPSA) is 78.4 Å². The highest BCUT2D eigenvalue weighted by molar-refractivity contribution is 5.86. The number of carbonyl (C=O) groups excluding carboxylic acids is 1. The Kier molecular flexibility index (Phi) is 5.05. The van der Waals surface area contributed by atoms with Crippen molar-refractivity contribution in [2.45, 2.75) is 71.9 Å². The third kappa shape index (κ3) is 4.12. The molecule has 2 amide bonds. The van der Waals surface area contributed by atoms with E-state index in [4.69, 9.17) is 0 Å². The fourth-order valence-electron chi connectivity index (χ4n) is 2.58. The highest BCUT2D eigenvalue weighted by Gasteiger charge is 2.43. The third-order valence-electron chi connectivity index (χ3n) is 4.41. The summed E-state index contributed by atoms with van der Waals surface area (Å²) in [6.07, 6.45) is 2.86. The predicted octanol–water partition coefficient (Wildman–Crippen LogP) is 2.75. The maximum atomic E-state index is 12.1. The first-order valence-corrected chi connectivity index (χ1v) is 7.39. The summed E-state index contributed by atoms with van der Waals surface area (Å²) in [4.78, 5) is 23.7. The molecule has 0 aromatic heterocycles. The molecule has 1 saturated carbocycles. The fourth-order valence-corrected chi connectivity index (χ4v) is 2.58. The summed E-state index contributed by atoms with van der Waals surface area (Å²) in [7, 11) is 0. The van der Waals surface area contributed by atoms with E-state index in [1.165, 1.54) is 0 Å². The van der Waals surface area contributed by atoms with E-state index in [1.807, 2.05) is 34.6 Å². The van der Waals surface area contributed by atoms with Gasteiger partial charge in [-0.2, -0.15) is 0 Å². The normalized spacial score (nSPS) is 28.6. The zero-order valence-electron chi connectivity index (χ0n) is 13.2. The first kappa shape index (κ1) is 16.8. The second-order valence-corrected chi connectivity index (χ2v) is 7.27. The molecule has 5 heteroatoms. The van der Waals surface area contributed by atoms with Crippen molar-refractivity contribution in [2.75, 3.05) is 0 Å². The highest BCUT2D eigenvalue weighted by atomic mass is 16.4. The molecule has 0 bridgehead atoms. The lowest BCUT2D eigenvalue weighted by atomic mass is 9.76. The van der Waals surface area contributed by atoms with Gasteiger partial charge >= 0.3 is 12.0 Å². The van der Waals surface area contributed by atoms with E-state index in [0.29, 0.717) is 18.8 Å². The summed E-state index contributed by atoms with van der Waals surface area (Å²) in [5, 5.41) is 15.1. The lowest BCUT2D eigenvalue weighted by molar-refractivity contribution is -0.146. The van der Waals surface area contributed by atoms with Crippen LogP contribution in [0.15, 0.2) is 0 Å². The van der Waals surface area contributed by atoms with Crippen molar-refractivity contribution < 1.29 is 14.7 Å². The molecule has 20 heavy (non-hydrogen) atoms. The molecule has 3 N–H and O–H groups in total. The lowest BCUT2D eigenvalue weighted by Crippen LogP contribution is -2.60. The monoisotopic (exact) mass is 284 g/mol. The van der Waals surface area contributed by atoms with E-state index >= 15 is 0 Å². The Bertz CT molecular complexity index is 376. The summed E-state index contributed by atoms with van der Waals surface area (Å²) in [5.74, 6) is -0.609. The maximum absolute atomic E-state index is 12.1. The SMILES string of the molecule is CC1CCCC(NC(=O)NC(C)C(C)(C)C)(C(=O)O)C1. The summed E-state index contributed by atoms with van der Waals surface area (Å²) in [6.45, 7) is 10.1. The van der Waals surface area contributed by atoms with E-state index in [2.05, 4.69) is 10.6 Å². The van der Waals surface area contributed by atoms with Crippen LogP contribution in [0.3, 0.4) is 0 Å². The van der Waals surface area contributed by atoms with Crippen molar-refractivity contribution in [1.29, 1.82) is 0 Å². The molecule has 0 saturated heterocycles. The molecule has 1 aliphatic carbocycles. The Balaban J connectivity index is 2.72. The van der Waals surface area contributed by atoms with Crippen LogP contribution in [0.4, 0.5) is 4.79 Å². The van der Waals surface area contributed by atoms with Crippen LogP contribution in [0.25, 0.3) is 0 Å². The Hall–Kier alpha value is -1.26. The molecule has 1 fully saturated rings. The van der Waals surface area contributed by atoms with E-state index < -0.39 is 11.5 Å². The minimum Gasteiger partial charge on any atom is -0.480 e. The predicted molar refractivity (Wildman–Crippen MR) is 78.6 cm³/mol. The molecular formula is C15H28N2O3. The molecule has 0 heterocycles. The number of rotatable bonds is 3. The Labute approximate surface area is 121 Å². The van der Waals surface area contributed by atoms with Gasteiger partial charge in [0.2, 0.25) is 0 Å². The van der Waals surface area contributed by atoms with Crippen molar-refractivity contribution >= 4 is 12.0 Å². The largest absolute Gasteiger partial charge is 0.480 e. The first-order chi connectivity index (χ1) is 9.07. The fraction of sp³-hybridized carbons (Fsp3) is 0.867. The molecular weight excluding hydrogens is 256 g/mol. The Morgan fingerprint density at radius 2 is 1.95 bits per heavy atom. The van der Waals surface area contributed by atoms with Gasteiger partial charge in [0.15, 0.2) is 0 Å². The van der Waals surface area contributed by atoms with Gasteiger partial charge in [-0.3, -0.25) is 0 Å². The third-order valence-corrected chi connectivity index (χ3v) is 4.41. The van der Waals surface area contributed by atoms with Crippen LogP contribution >= 0.6 is 0 Å². The number of carboxylic acids is 1. The summed E-state index contributed by atoms with van der Waals surface area (Å²) in [6, 6.07) is -0.418. The number of amides is 2. The van der Waals surface area contributed by atoms with Crippen molar-refractivity contribution in [3.05, 3.63) is 0 Å². The number of carbonyl (C=O) groups is 2. The van der Waals surface area contributed by atoms with Crippen molar-refractivity contribution in [1.82, 2.24) is 10.6 Å². The van der Waals surface area contributed by atoms with E-state index in [0.717, 1.165) is 12.8 Å². The van der Waals surface area contributed by atoms with Gasteiger partial charge in [-0.15, -0.1) is 0 Å². The van der Waals surface area contributed by atoms with Gasteiger partial charge in [0.05, 0.1) is 0 Å². The average Bonchev–Trinajstić information content (AvgIpc) is 2.26. The average molecular weight is 284 g/mol. The molecule has 0 aromatic rings. The van der Waals surface area contributed by atoms with Gasteiger partial charge in [-0.1, -0.05) is 40.5 Å². The van der Waals surface area contributed by atoms with E-state index in [-0.39, 0.29) is 17.5 Å². The van der Waals surface area contributed by atoms with Crippen LogP contribution < -0.4 is 10.6 Å². The van der Waals surface area contributed by atoms with Gasteiger partial charge in [-0.05, 0) is 31.1 Å². The van der Waals surface area contributed by atoms with Crippen LogP contribution in [-0.2, 0) is 4.79 Å². The van der Waals surface area contributed by atoms with Crippen LogP contribution in [0.2, 0.25) is 0 Å². The number of carboxylic acid groups (broad SMARTS) is 1. The first-order valence-electron chi connectivity index (χ1n) is 7.39. The van der Waals surface area contributed by atoms with E-state index in [1.54, 1.807) is 0 Å². The van der Waals surface area contributed by atoms with Crippen LogP contribution in [0, 0.1) is 11.3 Å². The summed E-state index contributed by atoms with van der Waals surface area (Å²) >= 11 is 0. The number of hydrogen-bond donors (Lipinski definition) is 3. The minimum atomic E-state index is -1.11. The van der Waals surface area contributed by atoms with Gasteiger partial charge < -0.3 is 15.7 Å². The van der Waals surface area contributed by atoms with Crippen LogP contribution in [-0.4, -0.2) is 28.7 Å². The lowest BCUT2D eigenvalue weighted by Gasteiger charge is -2.38. The maximum Gasteiger partial charge on any atom is 0.329 e. The molecule has 3 unspecified atom stereocenters. The number of aliphatic carboxylic acids is 1. The zero-order chi connectivity index (χ0) is 15.6. The molecule has 1 aliphatic rings. The van der Waals surface area contributed by atoms with Crippen molar-refractivity contribution in [3.63, 3.8) is 0 Å². The standard InChI is InChI=1S/C15H28N2O3/c1-10-7-6-8-15(9-10,12(18)19)17-13(20)16-11(2)14(3,4)5/h10-11H,6-9H2,1-5H3,(H,18,19)(H2,16,17,20). The number of hydrogen-bond acceptors (Lipinski definition) is 2. The minimum absolute atomic E-state index is 0.0330. The molecule has 0 aromatic carbocycles. The highest BCUT2D eigenvalue weighted by Crippen LogP contribution is 2.32. The van der Waals surface area contributed by atoms with Gasteiger partial charge in [0.25, 0.3) is 0 Å². The molecule has 0 spiro atoms. The second-order valence-electron chi connectivity index (χ2n) is 7.27. The molecule has 0 aliphatic heterocycles. The molecule has 116 valence electrons. The Morgan fingerprint density at radius 3 is 2.40 bits per heavy atom. The van der Waals surface area contributed by atoms with Crippen molar-refractivity contribution in [2.24, 2.45) is 11.3 Å². The van der Waals surface area contributed by atoms with Gasteiger partial charge in [0, 0.05) is 6.04 Å². The van der Waals surface area contributed by atoms with Gasteiger partial charge in [-0.25, -0.2) is 9.59 Å². The molecule has 5 nitrogen and oxygen atoms in total. The van der Waals surface area contributed by atoms with E-state index in [9.17, 15) is 14.7 Å². The molecule has 0 radical (unpaired) electrons. The van der Waals surface area contributed by atoms with Crippen molar-refractivity contribution in [3.8, 4) is 0 Å². The zero-order valence-corrected chi connectivity index (χ0v) is 13.2. The smallest absolute Gasteiger partial charge is 0.329 e.